The maximum absolute atomic E-state index is 13.2. The van der Waals surface area contributed by atoms with Crippen molar-refractivity contribution in [2.75, 3.05) is 5.32 Å². The number of aromatic hydroxyl groups is 1. The van der Waals surface area contributed by atoms with Gasteiger partial charge in [-0.1, -0.05) is 42.5 Å². The summed E-state index contributed by atoms with van der Waals surface area (Å²) in [5.74, 6) is -0.898. The maximum Gasteiger partial charge on any atom is 0.416 e. The quantitative estimate of drug-likeness (QED) is 0.134. The predicted molar refractivity (Wildman–Crippen MR) is 121 cm³/mol. The van der Waals surface area contributed by atoms with Gasteiger partial charge in [-0.15, -0.1) is 0 Å². The summed E-state index contributed by atoms with van der Waals surface area (Å²) in [7, 11) is 0. The number of alkyl halides is 6. The van der Waals surface area contributed by atoms with Crippen LogP contribution in [0.4, 0.5) is 37.0 Å². The average Bonchev–Trinajstić information content (AvgIpc) is 3.16. The van der Waals surface area contributed by atoms with Gasteiger partial charge in [-0.25, -0.2) is 0 Å². The van der Waals surface area contributed by atoms with Crippen molar-refractivity contribution in [1.82, 2.24) is 9.69 Å². The molecule has 0 spiro atoms. The number of halogens is 6. The number of amidine groups is 1. The van der Waals surface area contributed by atoms with E-state index in [1.165, 1.54) is 0 Å². The fourth-order valence-corrected chi connectivity index (χ4v) is 4.19. The molecule has 5 nitrogen and oxygen atoms in total. The van der Waals surface area contributed by atoms with E-state index in [0.717, 1.165) is 16.3 Å². The Morgan fingerprint density at radius 3 is 2.20 bits per heavy atom. The van der Waals surface area contributed by atoms with Gasteiger partial charge in [0, 0.05) is 12.2 Å². The minimum Gasteiger partial charge on any atom is -0.492 e. The van der Waals surface area contributed by atoms with Gasteiger partial charge in [0.2, 0.25) is 5.88 Å². The highest BCUT2D eigenvalue weighted by Crippen LogP contribution is 2.39. The molecule has 0 aliphatic carbocycles. The van der Waals surface area contributed by atoms with Crippen LogP contribution in [0.25, 0.3) is 10.8 Å². The van der Waals surface area contributed by atoms with Crippen molar-refractivity contribution in [1.29, 1.82) is 5.41 Å². The van der Waals surface area contributed by atoms with Crippen LogP contribution in [0.3, 0.4) is 0 Å². The molecule has 0 unspecified atom stereocenters. The van der Waals surface area contributed by atoms with E-state index in [4.69, 9.17) is 5.41 Å². The van der Waals surface area contributed by atoms with Crippen LogP contribution >= 0.6 is 11.5 Å². The first kappa shape index (κ1) is 24.3. The Bertz CT molecular complexity index is 1360. The molecule has 4 aromatic rings. The summed E-state index contributed by atoms with van der Waals surface area (Å²) in [5, 5.41) is 25.5. The molecule has 4 rings (SSSR count). The third kappa shape index (κ3) is 5.32. The standard InChI is InChI=1S/C23H16F6N4OS/c24-22(25,26)14-8-15(23(27,28)29)10-16(9-14)32-21-18(20(34)33-35-21)19(30)31-11-13-6-3-5-12-4-1-2-7-17(12)13/h1-10,32H,11H2,(H2,30,31)(H,33,34). The summed E-state index contributed by atoms with van der Waals surface area (Å²) in [6.07, 6.45) is -10.0. The van der Waals surface area contributed by atoms with E-state index in [1.54, 1.807) is 0 Å². The molecule has 0 saturated carbocycles. The molecule has 0 bridgehead atoms. The highest BCUT2D eigenvalue weighted by atomic mass is 32.1. The normalized spacial score (nSPS) is 12.1. The number of fused-ring (bicyclic) bond motifs is 1. The molecule has 0 saturated heterocycles. The van der Waals surface area contributed by atoms with Gasteiger partial charge in [0.05, 0.1) is 11.1 Å². The van der Waals surface area contributed by atoms with Gasteiger partial charge in [0.15, 0.2) is 0 Å². The van der Waals surface area contributed by atoms with E-state index < -0.39 is 35.0 Å². The fraction of sp³-hybridized carbons (Fsp3) is 0.130. The molecule has 182 valence electrons. The van der Waals surface area contributed by atoms with Crippen LogP contribution in [0.2, 0.25) is 0 Å². The zero-order valence-corrected chi connectivity index (χ0v) is 18.4. The Morgan fingerprint density at radius 1 is 0.914 bits per heavy atom. The van der Waals surface area contributed by atoms with Crippen LogP contribution in [-0.4, -0.2) is 15.3 Å². The highest BCUT2D eigenvalue weighted by Gasteiger charge is 2.37. The Hall–Kier alpha value is -3.80. The second-order valence-corrected chi connectivity index (χ2v) is 8.27. The molecule has 35 heavy (non-hydrogen) atoms. The van der Waals surface area contributed by atoms with Crippen molar-refractivity contribution in [3.05, 3.63) is 82.9 Å². The number of rotatable bonds is 5. The van der Waals surface area contributed by atoms with Crippen molar-refractivity contribution in [3.8, 4) is 5.88 Å². The molecule has 1 heterocycles. The molecule has 0 atom stereocenters. The van der Waals surface area contributed by atoms with Gasteiger partial charge >= 0.3 is 12.4 Å². The maximum atomic E-state index is 13.2. The minimum atomic E-state index is -5.01. The SMILES string of the molecule is N=C(NCc1cccc2ccccc12)c1c(O)nsc1Nc1cc(C(F)(F)F)cc(C(F)(F)F)c1. The number of benzene rings is 3. The molecule has 0 aliphatic rings. The van der Waals surface area contributed by atoms with Crippen LogP contribution in [0.15, 0.2) is 60.7 Å². The Morgan fingerprint density at radius 2 is 1.54 bits per heavy atom. The third-order valence-electron chi connectivity index (χ3n) is 5.11. The van der Waals surface area contributed by atoms with E-state index in [-0.39, 0.29) is 29.0 Å². The fourth-order valence-electron chi connectivity index (χ4n) is 3.47. The Labute approximate surface area is 198 Å². The minimum absolute atomic E-state index is 0.0179. The lowest BCUT2D eigenvalue weighted by atomic mass is 10.0. The molecule has 0 aliphatic heterocycles. The second-order valence-electron chi connectivity index (χ2n) is 7.50. The van der Waals surface area contributed by atoms with Gasteiger partial charge in [-0.2, -0.15) is 30.7 Å². The first-order valence-corrected chi connectivity index (χ1v) is 10.8. The molecular weight excluding hydrogens is 494 g/mol. The van der Waals surface area contributed by atoms with Crippen LogP contribution in [0, 0.1) is 5.41 Å². The Kier molecular flexibility index (Phi) is 6.32. The van der Waals surface area contributed by atoms with E-state index in [1.807, 2.05) is 42.5 Å². The first-order valence-electron chi connectivity index (χ1n) is 9.98. The molecule has 0 amide bonds. The van der Waals surface area contributed by atoms with Crippen molar-refractivity contribution in [3.63, 3.8) is 0 Å². The van der Waals surface area contributed by atoms with E-state index in [0.29, 0.717) is 23.7 Å². The molecule has 12 heteroatoms. The van der Waals surface area contributed by atoms with Crippen LogP contribution in [0.5, 0.6) is 5.88 Å². The summed E-state index contributed by atoms with van der Waals surface area (Å²) in [6, 6.07) is 14.2. The second kappa shape index (κ2) is 9.10. The zero-order chi connectivity index (χ0) is 25.4. The van der Waals surface area contributed by atoms with Crippen LogP contribution in [-0.2, 0) is 18.9 Å². The molecule has 0 radical (unpaired) electrons. The lowest BCUT2D eigenvalue weighted by Gasteiger charge is -2.15. The first-order chi connectivity index (χ1) is 16.4. The number of hydrogen-bond donors (Lipinski definition) is 4. The third-order valence-corrected chi connectivity index (χ3v) is 5.86. The number of nitrogens with one attached hydrogen (secondary N) is 3. The van der Waals surface area contributed by atoms with Gasteiger partial charge < -0.3 is 15.7 Å². The van der Waals surface area contributed by atoms with Gasteiger partial charge in [0.25, 0.3) is 0 Å². The summed E-state index contributed by atoms with van der Waals surface area (Å²) in [6.45, 7) is 0.177. The lowest BCUT2D eigenvalue weighted by molar-refractivity contribution is -0.143. The summed E-state index contributed by atoms with van der Waals surface area (Å²) < 4.78 is 82.7. The van der Waals surface area contributed by atoms with Crippen molar-refractivity contribution in [2.24, 2.45) is 0 Å². The molecular formula is C23H16F6N4OS. The van der Waals surface area contributed by atoms with E-state index in [2.05, 4.69) is 15.0 Å². The largest absolute Gasteiger partial charge is 0.492 e. The molecule has 4 N–H and O–H groups in total. The highest BCUT2D eigenvalue weighted by molar-refractivity contribution is 7.11. The Balaban J connectivity index is 1.61. The van der Waals surface area contributed by atoms with Crippen molar-refractivity contribution >= 4 is 38.8 Å². The van der Waals surface area contributed by atoms with Gasteiger partial charge in [0.1, 0.15) is 16.4 Å². The monoisotopic (exact) mass is 510 g/mol. The van der Waals surface area contributed by atoms with Gasteiger partial charge in [-0.3, -0.25) is 5.41 Å². The number of nitrogens with zero attached hydrogens (tertiary/aromatic N) is 1. The van der Waals surface area contributed by atoms with E-state index >= 15 is 0 Å². The molecule has 1 aromatic heterocycles. The van der Waals surface area contributed by atoms with Crippen LogP contribution in [0.1, 0.15) is 22.3 Å². The number of anilines is 2. The smallest absolute Gasteiger partial charge is 0.416 e. The van der Waals surface area contributed by atoms with Crippen LogP contribution < -0.4 is 10.6 Å². The summed E-state index contributed by atoms with van der Waals surface area (Å²) >= 11 is 0.596. The average molecular weight is 510 g/mol. The molecule has 0 fully saturated rings. The summed E-state index contributed by atoms with van der Waals surface area (Å²) in [4.78, 5) is 0. The van der Waals surface area contributed by atoms with E-state index in [9.17, 15) is 31.4 Å². The number of aromatic nitrogens is 1. The van der Waals surface area contributed by atoms with Gasteiger partial charge in [-0.05, 0) is 46.1 Å². The predicted octanol–water partition coefficient (Wildman–Crippen LogP) is 6.90. The number of hydrogen-bond acceptors (Lipinski definition) is 5. The zero-order valence-electron chi connectivity index (χ0n) is 17.6. The van der Waals surface area contributed by atoms with Crippen molar-refractivity contribution < 1.29 is 31.4 Å². The summed E-state index contributed by atoms with van der Waals surface area (Å²) in [5.41, 5.74) is -2.83. The van der Waals surface area contributed by atoms with Crippen molar-refractivity contribution in [2.45, 2.75) is 18.9 Å². The molecule has 3 aromatic carbocycles. The topological polar surface area (TPSA) is 81.0 Å². The lowest BCUT2D eigenvalue weighted by Crippen LogP contribution is -2.23.